The van der Waals surface area contributed by atoms with Crippen LogP contribution in [0.4, 0.5) is 30.6 Å². The highest BCUT2D eigenvalue weighted by atomic mass is 19.4. The number of hydrogen-bond donors (Lipinski definition) is 3. The predicted octanol–water partition coefficient (Wildman–Crippen LogP) is 4.20. The predicted molar refractivity (Wildman–Crippen MR) is 106 cm³/mol. The highest BCUT2D eigenvalue weighted by molar-refractivity contribution is 5.68. The number of ether oxygens (including phenoxy) is 2. The van der Waals surface area contributed by atoms with Gasteiger partial charge in [-0.3, -0.25) is 0 Å². The van der Waals surface area contributed by atoms with Crippen molar-refractivity contribution in [1.82, 2.24) is 9.97 Å². The van der Waals surface area contributed by atoms with Crippen LogP contribution in [0.1, 0.15) is 0 Å². The van der Waals surface area contributed by atoms with Crippen molar-refractivity contribution >= 4 is 17.5 Å². The van der Waals surface area contributed by atoms with Gasteiger partial charge < -0.3 is 25.2 Å². The number of anilines is 3. The Balaban J connectivity index is 1.95. The number of nitrogens with zero attached hydrogens (tertiary/aromatic N) is 2. The number of rotatable bonds is 8. The maximum Gasteiger partial charge on any atom is 0.573 e. The Labute approximate surface area is 170 Å². The van der Waals surface area contributed by atoms with Gasteiger partial charge in [0.25, 0.3) is 0 Å². The molecule has 0 fully saturated rings. The molecular formula is C20H19F3N4O3. The van der Waals surface area contributed by atoms with Gasteiger partial charge in [-0.15, -0.1) is 13.2 Å². The van der Waals surface area contributed by atoms with Crippen LogP contribution in [0.2, 0.25) is 0 Å². The fourth-order valence-electron chi connectivity index (χ4n) is 2.61. The van der Waals surface area contributed by atoms with Gasteiger partial charge in [0, 0.05) is 29.9 Å². The largest absolute Gasteiger partial charge is 0.573 e. The molecule has 0 saturated heterocycles. The summed E-state index contributed by atoms with van der Waals surface area (Å²) in [5.41, 5.74) is 1.46. The van der Waals surface area contributed by atoms with Gasteiger partial charge in [0.05, 0.1) is 19.4 Å². The summed E-state index contributed by atoms with van der Waals surface area (Å²) in [6, 6.07) is 14.2. The monoisotopic (exact) mass is 420 g/mol. The van der Waals surface area contributed by atoms with E-state index in [1.54, 1.807) is 37.4 Å². The Morgan fingerprint density at radius 3 is 2.50 bits per heavy atom. The van der Waals surface area contributed by atoms with Crippen molar-refractivity contribution in [3.05, 3.63) is 54.6 Å². The molecule has 7 nitrogen and oxygen atoms in total. The molecule has 0 atom stereocenters. The van der Waals surface area contributed by atoms with Gasteiger partial charge in [-0.2, -0.15) is 4.98 Å². The fraction of sp³-hybridized carbons (Fsp3) is 0.200. The van der Waals surface area contributed by atoms with Crippen molar-refractivity contribution in [2.24, 2.45) is 0 Å². The standard InChI is InChI=1S/C20H19F3N4O3/c1-29-15-6-3-5-14(11-15)25-18-12-17(26-19(27-18)24-8-9-28)13-4-2-7-16(10-13)30-20(21,22)23/h2-7,10-12,28H,8-9H2,1H3,(H2,24,25,26,27). The zero-order valence-electron chi connectivity index (χ0n) is 15.9. The number of aromatic nitrogens is 2. The molecular weight excluding hydrogens is 401 g/mol. The quantitative estimate of drug-likeness (QED) is 0.503. The molecule has 0 aliphatic rings. The molecule has 0 saturated carbocycles. The summed E-state index contributed by atoms with van der Waals surface area (Å²) in [5.74, 6) is 0.889. The van der Waals surface area contributed by atoms with Gasteiger partial charge in [-0.25, -0.2) is 4.98 Å². The molecule has 30 heavy (non-hydrogen) atoms. The number of halogens is 3. The maximum absolute atomic E-state index is 12.5. The van der Waals surface area contributed by atoms with Gasteiger partial charge in [-0.05, 0) is 24.3 Å². The average molecular weight is 420 g/mol. The first kappa shape index (κ1) is 21.2. The normalized spacial score (nSPS) is 11.1. The third-order valence-corrected chi connectivity index (χ3v) is 3.83. The summed E-state index contributed by atoms with van der Waals surface area (Å²) in [5, 5.41) is 15.0. The average Bonchev–Trinajstić information content (AvgIpc) is 2.71. The summed E-state index contributed by atoms with van der Waals surface area (Å²) in [6.07, 6.45) is -4.79. The molecule has 0 bridgehead atoms. The third-order valence-electron chi connectivity index (χ3n) is 3.83. The lowest BCUT2D eigenvalue weighted by molar-refractivity contribution is -0.274. The Bertz CT molecular complexity index is 999. The Morgan fingerprint density at radius 1 is 1.00 bits per heavy atom. The van der Waals surface area contributed by atoms with Gasteiger partial charge >= 0.3 is 6.36 Å². The molecule has 158 valence electrons. The molecule has 0 radical (unpaired) electrons. The fourth-order valence-corrected chi connectivity index (χ4v) is 2.61. The number of aliphatic hydroxyl groups excluding tert-OH is 1. The van der Waals surface area contributed by atoms with E-state index in [0.29, 0.717) is 28.5 Å². The maximum atomic E-state index is 12.5. The second kappa shape index (κ2) is 9.31. The lowest BCUT2D eigenvalue weighted by Gasteiger charge is -2.13. The number of alkyl halides is 3. The second-order valence-electron chi connectivity index (χ2n) is 6.05. The van der Waals surface area contributed by atoms with Crippen LogP contribution in [0, 0.1) is 0 Å². The number of benzene rings is 2. The molecule has 0 amide bonds. The zero-order chi connectivity index (χ0) is 21.6. The van der Waals surface area contributed by atoms with Crippen LogP contribution in [0.15, 0.2) is 54.6 Å². The molecule has 0 unspecified atom stereocenters. The molecule has 10 heteroatoms. The molecule has 0 aliphatic carbocycles. The van der Waals surface area contributed by atoms with E-state index in [4.69, 9.17) is 9.84 Å². The van der Waals surface area contributed by atoms with Gasteiger partial charge in [-0.1, -0.05) is 18.2 Å². The first-order chi connectivity index (χ1) is 14.4. The minimum Gasteiger partial charge on any atom is -0.497 e. The Hall–Kier alpha value is -3.53. The topological polar surface area (TPSA) is 88.5 Å². The van der Waals surface area contributed by atoms with Crippen molar-refractivity contribution in [3.63, 3.8) is 0 Å². The molecule has 1 heterocycles. The van der Waals surface area contributed by atoms with Gasteiger partial charge in [0.1, 0.15) is 17.3 Å². The van der Waals surface area contributed by atoms with Crippen molar-refractivity contribution < 1.29 is 27.8 Å². The van der Waals surface area contributed by atoms with E-state index < -0.39 is 6.36 Å². The summed E-state index contributed by atoms with van der Waals surface area (Å²) >= 11 is 0. The zero-order valence-corrected chi connectivity index (χ0v) is 15.9. The van der Waals surface area contributed by atoms with Gasteiger partial charge in [0.15, 0.2) is 0 Å². The summed E-state index contributed by atoms with van der Waals surface area (Å²) < 4.78 is 46.8. The first-order valence-electron chi connectivity index (χ1n) is 8.87. The first-order valence-corrected chi connectivity index (χ1v) is 8.87. The van der Waals surface area contributed by atoms with Crippen molar-refractivity contribution in [2.45, 2.75) is 6.36 Å². The van der Waals surface area contributed by atoms with Crippen molar-refractivity contribution in [1.29, 1.82) is 0 Å². The molecule has 3 rings (SSSR count). The van der Waals surface area contributed by atoms with Crippen LogP contribution in [0.3, 0.4) is 0 Å². The number of methoxy groups -OCH3 is 1. The Kier molecular flexibility index (Phi) is 6.58. The van der Waals surface area contributed by atoms with Crippen LogP contribution in [0.25, 0.3) is 11.3 Å². The van der Waals surface area contributed by atoms with Crippen LogP contribution >= 0.6 is 0 Å². The van der Waals surface area contributed by atoms with Gasteiger partial charge in [0.2, 0.25) is 5.95 Å². The molecule has 3 aromatic rings. The highest BCUT2D eigenvalue weighted by Gasteiger charge is 2.31. The third kappa shape index (κ3) is 5.98. The van der Waals surface area contributed by atoms with Crippen molar-refractivity contribution in [2.75, 3.05) is 30.9 Å². The SMILES string of the molecule is COc1cccc(Nc2cc(-c3cccc(OC(F)(F)F)c3)nc(NCCO)n2)c1. The van der Waals surface area contributed by atoms with E-state index in [2.05, 4.69) is 25.3 Å². The van der Waals surface area contributed by atoms with Crippen molar-refractivity contribution in [3.8, 4) is 22.8 Å². The number of hydrogen-bond acceptors (Lipinski definition) is 7. The molecule has 0 spiro atoms. The smallest absolute Gasteiger partial charge is 0.497 e. The van der Waals surface area contributed by atoms with E-state index in [-0.39, 0.29) is 24.8 Å². The number of aliphatic hydroxyl groups is 1. The molecule has 2 aromatic carbocycles. The van der Waals surface area contributed by atoms with Crippen LogP contribution in [-0.4, -0.2) is 41.7 Å². The van der Waals surface area contributed by atoms with Crippen LogP contribution < -0.4 is 20.1 Å². The van der Waals surface area contributed by atoms with E-state index >= 15 is 0 Å². The second-order valence-corrected chi connectivity index (χ2v) is 6.05. The summed E-state index contributed by atoms with van der Waals surface area (Å²) in [7, 11) is 1.55. The minimum absolute atomic E-state index is 0.138. The molecule has 0 aliphatic heterocycles. The van der Waals surface area contributed by atoms with E-state index in [1.807, 2.05) is 6.07 Å². The highest BCUT2D eigenvalue weighted by Crippen LogP contribution is 2.29. The molecule has 3 N–H and O–H groups in total. The van der Waals surface area contributed by atoms with E-state index in [0.717, 1.165) is 0 Å². The van der Waals surface area contributed by atoms with E-state index in [1.165, 1.54) is 18.2 Å². The minimum atomic E-state index is -4.79. The summed E-state index contributed by atoms with van der Waals surface area (Å²) in [6.45, 7) is 0.0699. The number of nitrogens with one attached hydrogen (secondary N) is 2. The van der Waals surface area contributed by atoms with Crippen LogP contribution in [-0.2, 0) is 0 Å². The van der Waals surface area contributed by atoms with E-state index in [9.17, 15) is 13.2 Å². The lowest BCUT2D eigenvalue weighted by Crippen LogP contribution is -2.17. The summed E-state index contributed by atoms with van der Waals surface area (Å²) in [4.78, 5) is 8.65. The molecule has 1 aromatic heterocycles. The Morgan fingerprint density at radius 2 is 1.77 bits per heavy atom. The van der Waals surface area contributed by atoms with Crippen LogP contribution in [0.5, 0.6) is 11.5 Å². The lowest BCUT2D eigenvalue weighted by atomic mass is 10.1.